The summed E-state index contributed by atoms with van der Waals surface area (Å²) in [6, 6.07) is 7.12. The fourth-order valence-electron chi connectivity index (χ4n) is 3.75. The highest BCUT2D eigenvalue weighted by molar-refractivity contribution is 6.35. The number of imidazole rings is 1. The fourth-order valence-corrected chi connectivity index (χ4v) is 3.97. The van der Waals surface area contributed by atoms with Gasteiger partial charge in [-0.1, -0.05) is 23.7 Å². The second-order valence-electron chi connectivity index (χ2n) is 6.91. The Morgan fingerprint density at radius 2 is 1.96 bits per heavy atom. The predicted molar refractivity (Wildman–Crippen MR) is 104 cm³/mol. The van der Waals surface area contributed by atoms with Gasteiger partial charge in [0, 0.05) is 25.0 Å². The molecule has 0 N–H and O–H groups in total. The monoisotopic (exact) mass is 383 g/mol. The molecule has 1 aliphatic rings. The normalized spacial score (nSPS) is 14.8. The van der Waals surface area contributed by atoms with E-state index in [1.807, 2.05) is 36.9 Å². The molecule has 0 saturated carbocycles. The van der Waals surface area contributed by atoms with Crippen molar-refractivity contribution in [3.05, 3.63) is 64.3 Å². The van der Waals surface area contributed by atoms with Gasteiger partial charge in [0.05, 0.1) is 22.8 Å². The number of nitrogens with zero attached hydrogens (tertiary/aromatic N) is 5. The Hall–Kier alpha value is -2.44. The zero-order valence-electron chi connectivity index (χ0n) is 15.5. The van der Waals surface area contributed by atoms with Gasteiger partial charge in [-0.25, -0.2) is 4.98 Å². The van der Waals surface area contributed by atoms with Crippen LogP contribution in [0.25, 0.3) is 5.82 Å². The Bertz CT molecular complexity index is 984. The van der Waals surface area contributed by atoms with Crippen LogP contribution in [-0.2, 0) is 13.6 Å². The molecule has 0 aliphatic carbocycles. The molecule has 3 heterocycles. The lowest BCUT2D eigenvalue weighted by Gasteiger charge is -2.16. The molecule has 3 aromatic rings. The van der Waals surface area contributed by atoms with Gasteiger partial charge in [0.2, 0.25) is 0 Å². The molecule has 1 aliphatic heterocycles. The van der Waals surface area contributed by atoms with E-state index in [0.29, 0.717) is 21.8 Å². The van der Waals surface area contributed by atoms with Gasteiger partial charge in [0.1, 0.15) is 11.6 Å². The van der Waals surface area contributed by atoms with Crippen LogP contribution in [0.1, 0.15) is 40.3 Å². The first-order chi connectivity index (χ1) is 13.1. The summed E-state index contributed by atoms with van der Waals surface area (Å²) in [5.74, 6) is 1.51. The molecule has 0 amide bonds. The van der Waals surface area contributed by atoms with Crippen molar-refractivity contribution < 1.29 is 4.79 Å². The molecule has 0 bridgehead atoms. The number of benzene rings is 1. The molecule has 0 spiro atoms. The van der Waals surface area contributed by atoms with Gasteiger partial charge in [-0.15, -0.1) is 0 Å². The van der Waals surface area contributed by atoms with Gasteiger partial charge in [-0.05, 0) is 45.0 Å². The maximum absolute atomic E-state index is 13.3. The van der Waals surface area contributed by atoms with Crippen LogP contribution < -0.4 is 0 Å². The predicted octanol–water partition coefficient (Wildman–Crippen LogP) is 3.39. The lowest BCUT2D eigenvalue weighted by Crippen LogP contribution is -2.22. The molecule has 0 radical (unpaired) electrons. The number of carbonyl (C=O) groups is 1. The lowest BCUT2D eigenvalue weighted by atomic mass is 10.0. The average Bonchev–Trinajstić information content (AvgIpc) is 3.36. The summed E-state index contributed by atoms with van der Waals surface area (Å²) in [4.78, 5) is 20.2. The molecule has 1 fully saturated rings. The summed E-state index contributed by atoms with van der Waals surface area (Å²) in [5.41, 5.74) is 1.72. The molecule has 2 aromatic heterocycles. The van der Waals surface area contributed by atoms with Crippen molar-refractivity contribution in [1.29, 1.82) is 0 Å². The topological polar surface area (TPSA) is 56.0 Å². The minimum Gasteiger partial charge on any atom is -0.296 e. The number of aryl methyl sites for hydroxylation is 2. The third-order valence-electron chi connectivity index (χ3n) is 5.05. The maximum atomic E-state index is 13.3. The first-order valence-corrected chi connectivity index (χ1v) is 9.52. The van der Waals surface area contributed by atoms with Gasteiger partial charge in [-0.2, -0.15) is 5.10 Å². The van der Waals surface area contributed by atoms with E-state index in [1.54, 1.807) is 23.0 Å². The van der Waals surface area contributed by atoms with Crippen molar-refractivity contribution in [2.45, 2.75) is 26.3 Å². The van der Waals surface area contributed by atoms with Gasteiger partial charge < -0.3 is 0 Å². The van der Waals surface area contributed by atoms with Crippen molar-refractivity contribution in [3.63, 3.8) is 0 Å². The molecule has 6 nitrogen and oxygen atoms in total. The van der Waals surface area contributed by atoms with Gasteiger partial charge >= 0.3 is 0 Å². The summed E-state index contributed by atoms with van der Waals surface area (Å²) in [6.07, 6.45) is 6.12. The molecule has 0 atom stereocenters. The van der Waals surface area contributed by atoms with Crippen molar-refractivity contribution >= 4 is 17.4 Å². The van der Waals surface area contributed by atoms with E-state index in [-0.39, 0.29) is 5.78 Å². The van der Waals surface area contributed by atoms with E-state index >= 15 is 0 Å². The Morgan fingerprint density at radius 1 is 1.22 bits per heavy atom. The largest absolute Gasteiger partial charge is 0.296 e. The van der Waals surface area contributed by atoms with E-state index in [2.05, 4.69) is 15.0 Å². The fraction of sp³-hybridized carbons (Fsp3) is 0.350. The van der Waals surface area contributed by atoms with E-state index in [4.69, 9.17) is 11.6 Å². The average molecular weight is 384 g/mol. The first-order valence-electron chi connectivity index (χ1n) is 9.14. The molecular weight excluding hydrogens is 362 g/mol. The van der Waals surface area contributed by atoms with Crippen LogP contribution in [0.3, 0.4) is 0 Å². The smallest absolute Gasteiger partial charge is 0.200 e. The second-order valence-corrected chi connectivity index (χ2v) is 7.32. The van der Waals surface area contributed by atoms with E-state index in [0.717, 1.165) is 31.3 Å². The standard InChI is InChI=1S/C20H22ClN5O/c1-14-18(19(27)15-7-3-4-8-16(15)21)20(24(2)23-14)26-12-9-22-17(26)13-25-10-5-6-11-25/h3-4,7-9,12H,5-6,10-11,13H2,1-2H3. The minimum atomic E-state index is -0.123. The number of halogens is 1. The summed E-state index contributed by atoms with van der Waals surface area (Å²) < 4.78 is 3.72. The van der Waals surface area contributed by atoms with E-state index in [1.165, 1.54) is 12.8 Å². The Morgan fingerprint density at radius 3 is 2.70 bits per heavy atom. The van der Waals surface area contributed by atoms with Crippen molar-refractivity contribution in [2.24, 2.45) is 7.05 Å². The molecule has 27 heavy (non-hydrogen) atoms. The zero-order chi connectivity index (χ0) is 19.0. The van der Waals surface area contributed by atoms with E-state index in [9.17, 15) is 4.79 Å². The van der Waals surface area contributed by atoms with Crippen molar-refractivity contribution in [2.75, 3.05) is 13.1 Å². The highest BCUT2D eigenvalue weighted by Gasteiger charge is 2.26. The lowest BCUT2D eigenvalue weighted by molar-refractivity contribution is 0.103. The Labute approximate surface area is 163 Å². The SMILES string of the molecule is Cc1nn(C)c(-n2ccnc2CN2CCCC2)c1C(=O)c1ccccc1Cl. The summed E-state index contributed by atoms with van der Waals surface area (Å²) >= 11 is 6.28. The third kappa shape index (κ3) is 3.31. The molecular formula is C20H22ClN5O. The molecule has 1 saturated heterocycles. The van der Waals surface area contributed by atoms with Crippen LogP contribution in [0.15, 0.2) is 36.7 Å². The number of rotatable bonds is 5. The molecule has 4 rings (SSSR count). The molecule has 1 aromatic carbocycles. The number of hydrogen-bond donors (Lipinski definition) is 0. The summed E-state index contributed by atoms with van der Waals surface area (Å²) in [7, 11) is 1.85. The Balaban J connectivity index is 1.78. The third-order valence-corrected chi connectivity index (χ3v) is 5.38. The van der Waals surface area contributed by atoms with E-state index < -0.39 is 0 Å². The Kier molecular flexibility index (Phi) is 4.85. The van der Waals surface area contributed by atoms with Gasteiger partial charge in [-0.3, -0.25) is 18.9 Å². The summed E-state index contributed by atoms with van der Waals surface area (Å²) in [6.45, 7) is 4.78. The summed E-state index contributed by atoms with van der Waals surface area (Å²) in [5, 5.41) is 4.95. The minimum absolute atomic E-state index is 0.123. The van der Waals surface area contributed by atoms with Crippen LogP contribution in [0, 0.1) is 6.92 Å². The quantitative estimate of drug-likeness (QED) is 0.634. The van der Waals surface area contributed by atoms with Crippen molar-refractivity contribution in [1.82, 2.24) is 24.2 Å². The first kappa shape index (κ1) is 17.9. The highest BCUT2D eigenvalue weighted by Crippen LogP contribution is 2.26. The molecule has 140 valence electrons. The van der Waals surface area contributed by atoms with Crippen LogP contribution in [-0.4, -0.2) is 43.1 Å². The van der Waals surface area contributed by atoms with Crippen LogP contribution in [0.2, 0.25) is 5.02 Å². The van der Waals surface area contributed by atoms with Gasteiger partial charge in [0.25, 0.3) is 0 Å². The number of aromatic nitrogens is 4. The molecule has 0 unspecified atom stereocenters. The van der Waals surface area contributed by atoms with Gasteiger partial charge in [0.15, 0.2) is 5.78 Å². The van der Waals surface area contributed by atoms with Crippen LogP contribution in [0.4, 0.5) is 0 Å². The maximum Gasteiger partial charge on any atom is 0.200 e. The number of hydrogen-bond acceptors (Lipinski definition) is 4. The molecule has 7 heteroatoms. The zero-order valence-corrected chi connectivity index (χ0v) is 16.3. The van der Waals surface area contributed by atoms with Crippen LogP contribution >= 0.6 is 11.6 Å². The highest BCUT2D eigenvalue weighted by atomic mass is 35.5. The van der Waals surface area contributed by atoms with Crippen molar-refractivity contribution in [3.8, 4) is 5.82 Å². The number of likely N-dealkylation sites (tertiary alicyclic amines) is 1. The second kappa shape index (κ2) is 7.29. The van der Waals surface area contributed by atoms with Crippen LogP contribution in [0.5, 0.6) is 0 Å². The number of carbonyl (C=O) groups excluding carboxylic acids is 1. The number of ketones is 1.